The van der Waals surface area contributed by atoms with Gasteiger partial charge in [0.25, 0.3) is 0 Å². The molecule has 0 saturated carbocycles. The number of nitrogens with two attached hydrogens (primary N) is 1. The summed E-state index contributed by atoms with van der Waals surface area (Å²) in [6, 6.07) is 2.89. The summed E-state index contributed by atoms with van der Waals surface area (Å²) in [4.78, 5) is 4.12. The molecule has 0 spiro atoms. The van der Waals surface area contributed by atoms with Gasteiger partial charge in [-0.05, 0) is 18.6 Å². The van der Waals surface area contributed by atoms with Crippen molar-refractivity contribution in [3.05, 3.63) is 41.1 Å². The highest BCUT2D eigenvalue weighted by Gasteiger charge is 2.36. The van der Waals surface area contributed by atoms with Gasteiger partial charge >= 0.3 is 6.18 Å². The van der Waals surface area contributed by atoms with Crippen LogP contribution in [0.4, 0.5) is 18.9 Å². The largest absolute Gasteiger partial charge is 0.418 e. The normalized spacial score (nSPS) is 13.9. The van der Waals surface area contributed by atoms with Gasteiger partial charge in [-0.15, -0.1) is 0 Å². The third kappa shape index (κ3) is 3.01. The van der Waals surface area contributed by atoms with Crippen molar-refractivity contribution in [3.8, 4) is 0 Å². The van der Waals surface area contributed by atoms with Gasteiger partial charge in [0.05, 0.1) is 17.8 Å². The van der Waals surface area contributed by atoms with Crippen molar-refractivity contribution in [2.24, 2.45) is 10.7 Å². The molecule has 20 heavy (non-hydrogen) atoms. The highest BCUT2D eigenvalue weighted by Crippen LogP contribution is 2.41. The van der Waals surface area contributed by atoms with E-state index in [1.165, 1.54) is 0 Å². The fourth-order valence-corrected chi connectivity index (χ4v) is 2.16. The van der Waals surface area contributed by atoms with Crippen molar-refractivity contribution in [3.63, 3.8) is 0 Å². The number of aliphatic imine (C=N–C) groups is 1. The minimum atomic E-state index is -4.39. The molecule has 0 aromatic heterocycles. The fraction of sp³-hybridized carbons (Fsp3) is 0.357. The highest BCUT2D eigenvalue weighted by atomic mass is 19.4. The van der Waals surface area contributed by atoms with Crippen LogP contribution in [-0.4, -0.2) is 18.8 Å². The molecule has 0 bridgehead atoms. The Morgan fingerprint density at radius 1 is 1.45 bits per heavy atom. The van der Waals surface area contributed by atoms with E-state index in [4.69, 9.17) is 5.73 Å². The van der Waals surface area contributed by atoms with Gasteiger partial charge in [-0.25, -0.2) is 0 Å². The maximum absolute atomic E-state index is 13.0. The van der Waals surface area contributed by atoms with Crippen LogP contribution in [0.1, 0.15) is 16.7 Å². The summed E-state index contributed by atoms with van der Waals surface area (Å²) in [7, 11) is 0. The third-order valence-corrected chi connectivity index (χ3v) is 3.09. The van der Waals surface area contributed by atoms with Gasteiger partial charge in [-0.1, -0.05) is 18.2 Å². The molecule has 1 aliphatic heterocycles. The average Bonchev–Trinajstić information content (AvgIpc) is 2.76. The van der Waals surface area contributed by atoms with E-state index in [1.807, 2.05) is 0 Å². The lowest BCUT2D eigenvalue weighted by molar-refractivity contribution is -0.137. The minimum Gasteiger partial charge on any atom is -0.382 e. The lowest BCUT2D eigenvalue weighted by Crippen LogP contribution is -2.25. The second-order valence-corrected chi connectivity index (χ2v) is 4.83. The van der Waals surface area contributed by atoms with Gasteiger partial charge in [0.1, 0.15) is 0 Å². The minimum absolute atomic E-state index is 0.0401. The van der Waals surface area contributed by atoms with Crippen molar-refractivity contribution in [2.75, 3.05) is 13.1 Å². The lowest BCUT2D eigenvalue weighted by atomic mass is 10.0. The zero-order chi connectivity index (χ0) is 14.9. The molecule has 1 aromatic rings. The molecule has 3 N–H and O–H groups in total. The molecule has 0 unspecified atom stereocenters. The Labute approximate surface area is 115 Å². The molecule has 1 aromatic carbocycles. The molecular formula is C14H16F3N3. The Kier molecular flexibility index (Phi) is 3.85. The number of halogens is 3. The summed E-state index contributed by atoms with van der Waals surface area (Å²) in [5.41, 5.74) is 7.27. The van der Waals surface area contributed by atoms with Gasteiger partial charge in [0.2, 0.25) is 0 Å². The van der Waals surface area contributed by atoms with Gasteiger partial charge in [-0.2, -0.15) is 13.2 Å². The van der Waals surface area contributed by atoms with Crippen LogP contribution in [0.2, 0.25) is 0 Å². The van der Waals surface area contributed by atoms with E-state index >= 15 is 0 Å². The summed E-state index contributed by atoms with van der Waals surface area (Å²) >= 11 is 0. The molecule has 1 aliphatic rings. The van der Waals surface area contributed by atoms with Crippen LogP contribution in [0.5, 0.6) is 0 Å². The number of hydrogen-bond donors (Lipinski definition) is 2. The van der Waals surface area contributed by atoms with E-state index < -0.39 is 11.7 Å². The first-order chi connectivity index (χ1) is 9.31. The van der Waals surface area contributed by atoms with Crippen LogP contribution < -0.4 is 11.1 Å². The Morgan fingerprint density at radius 2 is 2.15 bits per heavy atom. The summed E-state index contributed by atoms with van der Waals surface area (Å²) in [6.45, 7) is 5.98. The molecule has 108 valence electrons. The van der Waals surface area contributed by atoms with Crippen LogP contribution in [-0.2, 0) is 12.6 Å². The zero-order valence-electron chi connectivity index (χ0n) is 11.1. The van der Waals surface area contributed by atoms with Gasteiger partial charge in [0.15, 0.2) is 0 Å². The first-order valence-corrected chi connectivity index (χ1v) is 6.20. The number of rotatable bonds is 4. The SMILES string of the molecule is C=C(CN)NCC1=Nc2c(cc(C)cc2C(F)(F)F)C1. The third-order valence-electron chi connectivity index (χ3n) is 3.09. The van der Waals surface area contributed by atoms with Crippen LogP contribution >= 0.6 is 0 Å². The number of aryl methyl sites for hydroxylation is 1. The molecule has 6 heteroatoms. The highest BCUT2D eigenvalue weighted by molar-refractivity contribution is 5.96. The molecule has 1 heterocycles. The second kappa shape index (κ2) is 5.28. The van der Waals surface area contributed by atoms with Crippen LogP contribution in [0.25, 0.3) is 0 Å². The maximum Gasteiger partial charge on any atom is 0.418 e. The average molecular weight is 283 g/mol. The monoisotopic (exact) mass is 283 g/mol. The van der Waals surface area contributed by atoms with Gasteiger partial charge in [0, 0.05) is 24.4 Å². The molecule has 3 nitrogen and oxygen atoms in total. The molecular weight excluding hydrogens is 267 g/mol. The summed E-state index contributed by atoms with van der Waals surface area (Å²) in [5, 5.41) is 2.95. The molecule has 0 amide bonds. The summed E-state index contributed by atoms with van der Waals surface area (Å²) in [6.07, 6.45) is -3.96. The van der Waals surface area contributed by atoms with Crippen LogP contribution in [0, 0.1) is 6.92 Å². The Hall–Kier alpha value is -1.82. The van der Waals surface area contributed by atoms with Crippen molar-refractivity contribution in [1.82, 2.24) is 5.32 Å². The second-order valence-electron chi connectivity index (χ2n) is 4.83. The summed E-state index contributed by atoms with van der Waals surface area (Å²) in [5.74, 6) is 0. The van der Waals surface area contributed by atoms with E-state index in [0.717, 1.165) is 6.07 Å². The molecule has 0 radical (unpaired) electrons. The number of nitrogens with zero attached hydrogens (tertiary/aromatic N) is 1. The molecule has 2 rings (SSSR count). The van der Waals surface area contributed by atoms with Crippen molar-refractivity contribution in [2.45, 2.75) is 19.5 Å². The quantitative estimate of drug-likeness (QED) is 0.892. The number of fused-ring (bicyclic) bond motifs is 1. The molecule has 0 fully saturated rings. The van der Waals surface area contributed by atoms with Gasteiger partial charge in [-0.3, -0.25) is 4.99 Å². The predicted molar refractivity (Wildman–Crippen MR) is 73.2 cm³/mol. The topological polar surface area (TPSA) is 50.4 Å². The fourth-order valence-electron chi connectivity index (χ4n) is 2.16. The van der Waals surface area contributed by atoms with E-state index in [1.54, 1.807) is 13.0 Å². The maximum atomic E-state index is 13.0. The standard InChI is InChI=1S/C14H16F3N3/c1-8-3-10-5-11(7-19-9(2)6-18)20-13(10)12(4-8)14(15,16)17/h3-4,19H,2,5-7,18H2,1H3. The molecule has 0 aliphatic carbocycles. The molecule has 0 saturated heterocycles. The predicted octanol–water partition coefficient (Wildman–Crippen LogP) is 2.70. The smallest absolute Gasteiger partial charge is 0.382 e. The number of alkyl halides is 3. The number of benzene rings is 1. The van der Waals surface area contributed by atoms with Crippen molar-refractivity contribution < 1.29 is 13.2 Å². The first kappa shape index (κ1) is 14.6. The number of hydrogen-bond acceptors (Lipinski definition) is 3. The lowest BCUT2D eigenvalue weighted by Gasteiger charge is -2.11. The van der Waals surface area contributed by atoms with E-state index in [9.17, 15) is 13.2 Å². The van der Waals surface area contributed by atoms with E-state index in [-0.39, 0.29) is 12.2 Å². The Morgan fingerprint density at radius 3 is 2.75 bits per heavy atom. The number of nitrogens with one attached hydrogen (secondary N) is 1. The van der Waals surface area contributed by atoms with E-state index in [0.29, 0.717) is 35.5 Å². The van der Waals surface area contributed by atoms with Crippen LogP contribution in [0.3, 0.4) is 0 Å². The molecule has 0 atom stereocenters. The summed E-state index contributed by atoms with van der Waals surface area (Å²) < 4.78 is 39.0. The zero-order valence-corrected chi connectivity index (χ0v) is 11.1. The first-order valence-electron chi connectivity index (χ1n) is 6.20. The van der Waals surface area contributed by atoms with Crippen LogP contribution in [0.15, 0.2) is 29.4 Å². The Balaban J connectivity index is 2.27. The Bertz CT molecular complexity index is 574. The van der Waals surface area contributed by atoms with Crippen molar-refractivity contribution in [1.29, 1.82) is 0 Å². The van der Waals surface area contributed by atoms with E-state index in [2.05, 4.69) is 16.9 Å². The van der Waals surface area contributed by atoms with Gasteiger partial charge < -0.3 is 11.1 Å². The van der Waals surface area contributed by atoms with Crippen molar-refractivity contribution >= 4 is 11.4 Å².